The quantitative estimate of drug-likeness (QED) is 0.597. The number of benzene rings is 2. The Kier molecular flexibility index (Phi) is 5.11. The highest BCUT2D eigenvalue weighted by molar-refractivity contribution is 6.30. The summed E-state index contributed by atoms with van der Waals surface area (Å²) < 4.78 is 0. The van der Waals surface area contributed by atoms with E-state index in [4.69, 9.17) is 16.7 Å². The largest absolute Gasteiger partial charge is 0.478 e. The number of carbonyl (C=O) groups excluding carboxylic acids is 1. The molecule has 0 saturated heterocycles. The Morgan fingerprint density at radius 1 is 1.14 bits per heavy atom. The molecular formula is C15H12ClN3O3. The SMILES string of the molecule is O=C(N/N=C\c1ccccc1C(=O)O)Nc1cccc(Cl)c1. The van der Waals surface area contributed by atoms with Crippen LogP contribution in [0.15, 0.2) is 53.6 Å². The van der Waals surface area contributed by atoms with Crippen LogP contribution in [0.3, 0.4) is 0 Å². The van der Waals surface area contributed by atoms with E-state index in [0.29, 0.717) is 16.3 Å². The summed E-state index contributed by atoms with van der Waals surface area (Å²) in [5.74, 6) is -1.06. The maximum atomic E-state index is 11.6. The van der Waals surface area contributed by atoms with E-state index >= 15 is 0 Å². The summed E-state index contributed by atoms with van der Waals surface area (Å²) in [7, 11) is 0. The number of carboxylic acids is 1. The Hall–Kier alpha value is -2.86. The minimum atomic E-state index is -1.06. The van der Waals surface area contributed by atoms with Gasteiger partial charge in [0.1, 0.15) is 0 Å². The van der Waals surface area contributed by atoms with Crippen molar-refractivity contribution in [2.75, 3.05) is 5.32 Å². The summed E-state index contributed by atoms with van der Waals surface area (Å²) in [5, 5.41) is 15.8. The Balaban J connectivity index is 1.98. The number of nitrogens with one attached hydrogen (secondary N) is 2. The van der Waals surface area contributed by atoms with E-state index in [1.54, 1.807) is 42.5 Å². The van der Waals surface area contributed by atoms with E-state index in [1.807, 2.05) is 0 Å². The molecule has 0 bridgehead atoms. The molecule has 6 nitrogen and oxygen atoms in total. The van der Waals surface area contributed by atoms with Crippen molar-refractivity contribution in [3.63, 3.8) is 0 Å². The number of amides is 2. The molecule has 2 rings (SSSR count). The third-order valence-electron chi connectivity index (χ3n) is 2.64. The van der Waals surface area contributed by atoms with E-state index in [1.165, 1.54) is 12.3 Å². The zero-order chi connectivity index (χ0) is 15.9. The van der Waals surface area contributed by atoms with Crippen molar-refractivity contribution in [1.82, 2.24) is 5.43 Å². The van der Waals surface area contributed by atoms with Gasteiger partial charge in [0.2, 0.25) is 0 Å². The zero-order valence-electron chi connectivity index (χ0n) is 11.3. The number of hydrogen-bond donors (Lipinski definition) is 3. The van der Waals surface area contributed by atoms with Crippen molar-refractivity contribution in [3.05, 3.63) is 64.7 Å². The predicted octanol–water partition coefficient (Wildman–Crippen LogP) is 3.19. The highest BCUT2D eigenvalue weighted by Gasteiger charge is 2.06. The zero-order valence-corrected chi connectivity index (χ0v) is 12.0. The van der Waals surface area contributed by atoms with E-state index in [2.05, 4.69) is 15.8 Å². The maximum Gasteiger partial charge on any atom is 0.339 e. The molecule has 0 aliphatic heterocycles. The van der Waals surface area contributed by atoms with Gasteiger partial charge in [0, 0.05) is 16.3 Å². The Morgan fingerprint density at radius 3 is 2.64 bits per heavy atom. The number of urea groups is 1. The molecule has 0 spiro atoms. The van der Waals surface area contributed by atoms with Crippen molar-refractivity contribution in [1.29, 1.82) is 0 Å². The molecule has 2 amide bonds. The molecule has 0 aliphatic carbocycles. The normalized spacial score (nSPS) is 10.4. The summed E-state index contributed by atoms with van der Waals surface area (Å²) in [5.41, 5.74) is 3.26. The molecule has 7 heteroatoms. The minimum Gasteiger partial charge on any atom is -0.478 e. The second-order valence-electron chi connectivity index (χ2n) is 4.23. The maximum absolute atomic E-state index is 11.6. The monoisotopic (exact) mass is 317 g/mol. The molecule has 0 atom stereocenters. The van der Waals surface area contributed by atoms with E-state index in [0.717, 1.165) is 0 Å². The van der Waals surface area contributed by atoms with Gasteiger partial charge in [-0.15, -0.1) is 0 Å². The van der Waals surface area contributed by atoms with Crippen molar-refractivity contribution in [2.24, 2.45) is 5.10 Å². The minimum absolute atomic E-state index is 0.100. The first kappa shape index (κ1) is 15.5. The molecule has 0 aromatic heterocycles. The highest BCUT2D eigenvalue weighted by Crippen LogP contribution is 2.14. The number of nitrogens with zero attached hydrogens (tertiary/aromatic N) is 1. The fourth-order valence-electron chi connectivity index (χ4n) is 1.69. The van der Waals surface area contributed by atoms with Crippen molar-refractivity contribution >= 4 is 35.5 Å². The Bertz CT molecular complexity index is 731. The van der Waals surface area contributed by atoms with Crippen LogP contribution >= 0.6 is 11.6 Å². The summed E-state index contributed by atoms with van der Waals surface area (Å²) in [4.78, 5) is 22.7. The van der Waals surface area contributed by atoms with Gasteiger partial charge >= 0.3 is 12.0 Å². The lowest BCUT2D eigenvalue weighted by Gasteiger charge is -2.04. The van der Waals surface area contributed by atoms with Crippen LogP contribution in [-0.4, -0.2) is 23.3 Å². The van der Waals surface area contributed by atoms with Gasteiger partial charge in [-0.2, -0.15) is 5.10 Å². The van der Waals surface area contributed by atoms with Crippen LogP contribution in [0.1, 0.15) is 15.9 Å². The van der Waals surface area contributed by atoms with Gasteiger partial charge in [0.25, 0.3) is 0 Å². The van der Waals surface area contributed by atoms with E-state index in [-0.39, 0.29) is 5.56 Å². The fraction of sp³-hybridized carbons (Fsp3) is 0. The Labute approximate surface area is 131 Å². The molecule has 22 heavy (non-hydrogen) atoms. The van der Waals surface area contributed by atoms with Crippen molar-refractivity contribution in [3.8, 4) is 0 Å². The number of carbonyl (C=O) groups is 2. The first-order valence-electron chi connectivity index (χ1n) is 6.24. The smallest absolute Gasteiger partial charge is 0.339 e. The van der Waals surface area contributed by atoms with Gasteiger partial charge in [-0.05, 0) is 24.3 Å². The first-order chi connectivity index (χ1) is 10.6. The van der Waals surface area contributed by atoms with Gasteiger partial charge in [-0.1, -0.05) is 35.9 Å². The summed E-state index contributed by atoms with van der Waals surface area (Å²) in [6, 6.07) is 12.4. The van der Waals surface area contributed by atoms with Crippen LogP contribution in [0.4, 0.5) is 10.5 Å². The molecule has 0 aliphatic rings. The molecule has 3 N–H and O–H groups in total. The average molecular weight is 318 g/mol. The standard InChI is InChI=1S/C15H12ClN3O3/c16-11-5-3-6-12(8-11)18-15(22)19-17-9-10-4-1-2-7-13(10)14(20)21/h1-9H,(H,20,21)(H2,18,19,22)/b17-9-. The third kappa shape index (κ3) is 4.32. The summed E-state index contributed by atoms with van der Waals surface area (Å²) in [6.45, 7) is 0. The van der Waals surface area contributed by atoms with Crippen LogP contribution in [0.5, 0.6) is 0 Å². The van der Waals surface area contributed by atoms with Crippen LogP contribution in [0, 0.1) is 0 Å². The lowest BCUT2D eigenvalue weighted by atomic mass is 10.1. The van der Waals surface area contributed by atoms with Gasteiger partial charge in [-0.25, -0.2) is 15.0 Å². The molecule has 0 saturated carbocycles. The fourth-order valence-corrected chi connectivity index (χ4v) is 1.88. The summed E-state index contributed by atoms with van der Waals surface area (Å²) >= 11 is 5.80. The second-order valence-corrected chi connectivity index (χ2v) is 4.66. The molecule has 0 unspecified atom stereocenters. The van der Waals surface area contributed by atoms with Crippen molar-refractivity contribution in [2.45, 2.75) is 0 Å². The van der Waals surface area contributed by atoms with Gasteiger partial charge in [0.15, 0.2) is 0 Å². The lowest BCUT2D eigenvalue weighted by molar-refractivity contribution is 0.0696. The predicted molar refractivity (Wildman–Crippen MR) is 84.6 cm³/mol. The molecule has 0 fully saturated rings. The summed E-state index contributed by atoms with van der Waals surface area (Å²) in [6.07, 6.45) is 1.26. The first-order valence-corrected chi connectivity index (χ1v) is 6.62. The number of hydrazone groups is 1. The van der Waals surface area contributed by atoms with Crippen LogP contribution in [-0.2, 0) is 0 Å². The van der Waals surface area contributed by atoms with Crippen molar-refractivity contribution < 1.29 is 14.7 Å². The lowest BCUT2D eigenvalue weighted by Crippen LogP contribution is -2.24. The highest BCUT2D eigenvalue weighted by atomic mass is 35.5. The number of hydrogen-bond acceptors (Lipinski definition) is 3. The van der Waals surface area contributed by atoms with Gasteiger partial charge in [0.05, 0.1) is 11.8 Å². The third-order valence-corrected chi connectivity index (χ3v) is 2.88. The molecule has 2 aromatic carbocycles. The molecule has 0 heterocycles. The van der Waals surface area contributed by atoms with Crippen LogP contribution in [0.2, 0.25) is 5.02 Å². The van der Waals surface area contributed by atoms with Gasteiger partial charge < -0.3 is 10.4 Å². The molecule has 0 radical (unpaired) electrons. The molecule has 112 valence electrons. The topological polar surface area (TPSA) is 90.8 Å². The second kappa shape index (κ2) is 7.24. The van der Waals surface area contributed by atoms with E-state index in [9.17, 15) is 9.59 Å². The number of halogens is 1. The molecule has 2 aromatic rings. The number of carboxylic acid groups (broad SMARTS) is 1. The van der Waals surface area contributed by atoms with Crippen LogP contribution < -0.4 is 10.7 Å². The van der Waals surface area contributed by atoms with Gasteiger partial charge in [-0.3, -0.25) is 0 Å². The average Bonchev–Trinajstić information content (AvgIpc) is 2.47. The number of rotatable bonds is 4. The van der Waals surface area contributed by atoms with E-state index < -0.39 is 12.0 Å². The van der Waals surface area contributed by atoms with Crippen LogP contribution in [0.25, 0.3) is 0 Å². The number of anilines is 1. The number of aromatic carboxylic acids is 1. The molecular weight excluding hydrogens is 306 g/mol. The Morgan fingerprint density at radius 2 is 1.91 bits per heavy atom.